The van der Waals surface area contributed by atoms with Gasteiger partial charge in [-0.05, 0) is 88.7 Å². The van der Waals surface area contributed by atoms with E-state index in [1.165, 1.54) is 6.42 Å². The van der Waals surface area contributed by atoms with Crippen LogP contribution in [0.4, 0.5) is 0 Å². The molecule has 0 bridgehead atoms. The summed E-state index contributed by atoms with van der Waals surface area (Å²) in [5.74, 6) is 1.01. The topological polar surface area (TPSA) is 73.3 Å². The zero-order chi connectivity index (χ0) is 25.7. The average Bonchev–Trinajstić information content (AvgIpc) is 2.87. The number of carbonyl (C=O) groups excluding carboxylic acids is 2. The molecule has 200 valence electrons. The van der Waals surface area contributed by atoms with Crippen LogP contribution in [-0.2, 0) is 9.59 Å². The van der Waals surface area contributed by atoms with Crippen molar-refractivity contribution in [3.05, 3.63) is 28.3 Å². The van der Waals surface area contributed by atoms with Crippen LogP contribution in [-0.4, -0.2) is 90.1 Å². The Kier molecular flexibility index (Phi) is 9.18. The molecule has 7 nitrogen and oxygen atoms in total. The van der Waals surface area contributed by atoms with E-state index in [9.17, 15) is 14.7 Å². The molecule has 3 saturated heterocycles. The number of aliphatic hydroxyl groups excluding tert-OH is 1. The first-order valence-corrected chi connectivity index (χ1v) is 14.0. The number of hydrogen-bond acceptors (Lipinski definition) is 5. The Hall–Kier alpha value is -1.83. The van der Waals surface area contributed by atoms with E-state index >= 15 is 0 Å². The fourth-order valence-electron chi connectivity index (χ4n) is 5.92. The molecule has 1 unspecified atom stereocenters. The van der Waals surface area contributed by atoms with Crippen LogP contribution in [0.25, 0.3) is 0 Å². The number of benzene rings is 1. The maximum Gasteiger partial charge on any atom is 0.236 e. The van der Waals surface area contributed by atoms with Crippen LogP contribution in [0.1, 0.15) is 62.5 Å². The molecule has 0 radical (unpaired) electrons. The van der Waals surface area contributed by atoms with E-state index in [1.807, 2.05) is 35.8 Å². The first kappa shape index (κ1) is 27.2. The number of nitrogens with zero attached hydrogens (tertiary/aromatic N) is 3. The van der Waals surface area contributed by atoms with Gasteiger partial charge >= 0.3 is 0 Å². The van der Waals surface area contributed by atoms with Gasteiger partial charge in [-0.3, -0.25) is 14.5 Å². The highest BCUT2D eigenvalue weighted by atomic mass is 35.5. The van der Waals surface area contributed by atoms with Crippen molar-refractivity contribution in [2.75, 3.05) is 52.4 Å². The molecule has 4 rings (SSSR count). The Bertz CT molecular complexity index is 904. The SMILES string of the molecule is Cc1cc(OCC2(CC(=O)N3CCC(O)CC3)CCCN(C(=O)CN3CCCCC3)C2)cc(C)c1Cl. The second-order valence-electron chi connectivity index (χ2n) is 11.2. The van der Waals surface area contributed by atoms with Gasteiger partial charge in [0.2, 0.25) is 11.8 Å². The van der Waals surface area contributed by atoms with Crippen molar-refractivity contribution in [2.24, 2.45) is 5.41 Å². The van der Waals surface area contributed by atoms with E-state index < -0.39 is 5.41 Å². The van der Waals surface area contributed by atoms with E-state index in [0.29, 0.717) is 52.0 Å². The minimum Gasteiger partial charge on any atom is -0.493 e. The van der Waals surface area contributed by atoms with Gasteiger partial charge < -0.3 is 19.6 Å². The lowest BCUT2D eigenvalue weighted by molar-refractivity contribution is -0.143. The van der Waals surface area contributed by atoms with Crippen molar-refractivity contribution in [3.63, 3.8) is 0 Å². The second-order valence-corrected chi connectivity index (χ2v) is 11.6. The monoisotopic (exact) mass is 519 g/mol. The number of piperidine rings is 3. The minimum atomic E-state index is -0.440. The van der Waals surface area contributed by atoms with Crippen LogP contribution in [0.2, 0.25) is 5.02 Å². The van der Waals surface area contributed by atoms with Crippen LogP contribution in [0, 0.1) is 19.3 Å². The molecule has 3 heterocycles. The third-order valence-corrected chi connectivity index (χ3v) is 8.72. The lowest BCUT2D eigenvalue weighted by Gasteiger charge is -2.44. The summed E-state index contributed by atoms with van der Waals surface area (Å²) in [4.78, 5) is 32.8. The van der Waals surface area contributed by atoms with Crippen LogP contribution in [0.5, 0.6) is 5.75 Å². The number of aliphatic hydroxyl groups is 1. The molecular formula is C28H42ClN3O4. The predicted octanol–water partition coefficient (Wildman–Crippen LogP) is 3.80. The molecule has 3 aliphatic heterocycles. The van der Waals surface area contributed by atoms with Crippen molar-refractivity contribution >= 4 is 23.4 Å². The molecule has 3 aliphatic rings. The third-order valence-electron chi connectivity index (χ3n) is 8.12. The molecule has 1 aromatic rings. The standard InChI is InChI=1S/C28H42ClN3O4/c1-21-15-24(16-22(2)27(21)29)36-20-28(17-25(34)31-13-7-23(33)8-14-31)9-6-12-32(19-28)26(35)18-30-10-4-3-5-11-30/h15-16,23,33H,3-14,17-20H2,1-2H3. The minimum absolute atomic E-state index is 0.0966. The normalized spacial score (nSPS) is 24.1. The van der Waals surface area contributed by atoms with Gasteiger partial charge in [0, 0.05) is 43.0 Å². The Morgan fingerprint density at radius 2 is 1.64 bits per heavy atom. The van der Waals surface area contributed by atoms with Crippen LogP contribution >= 0.6 is 11.6 Å². The van der Waals surface area contributed by atoms with Gasteiger partial charge in [0.25, 0.3) is 0 Å². The first-order valence-electron chi connectivity index (χ1n) is 13.6. The number of halogens is 1. The number of likely N-dealkylation sites (tertiary alicyclic amines) is 3. The van der Waals surface area contributed by atoms with E-state index in [1.54, 1.807) is 0 Å². The fourth-order valence-corrected chi connectivity index (χ4v) is 6.03. The highest BCUT2D eigenvalue weighted by Crippen LogP contribution is 2.36. The molecule has 1 aromatic carbocycles. The van der Waals surface area contributed by atoms with E-state index in [-0.39, 0.29) is 17.9 Å². The number of amides is 2. The molecule has 2 amide bonds. The third kappa shape index (κ3) is 6.93. The lowest BCUT2D eigenvalue weighted by Crippen LogP contribution is -2.53. The van der Waals surface area contributed by atoms with Gasteiger partial charge in [-0.1, -0.05) is 18.0 Å². The number of rotatable bonds is 7. The van der Waals surface area contributed by atoms with Gasteiger partial charge in [-0.2, -0.15) is 0 Å². The molecule has 0 aliphatic carbocycles. The fraction of sp³-hybridized carbons (Fsp3) is 0.714. The van der Waals surface area contributed by atoms with Crippen LogP contribution < -0.4 is 4.74 Å². The summed E-state index contributed by atoms with van der Waals surface area (Å²) in [6.07, 6.45) is 6.54. The van der Waals surface area contributed by atoms with Crippen LogP contribution in [0.3, 0.4) is 0 Å². The highest BCUT2D eigenvalue weighted by Gasteiger charge is 2.41. The summed E-state index contributed by atoms with van der Waals surface area (Å²) in [5, 5.41) is 10.6. The summed E-state index contributed by atoms with van der Waals surface area (Å²) in [6.45, 7) is 9.19. The van der Waals surface area contributed by atoms with E-state index in [2.05, 4.69) is 4.90 Å². The van der Waals surface area contributed by atoms with Crippen molar-refractivity contribution in [1.29, 1.82) is 0 Å². The van der Waals surface area contributed by atoms with Crippen molar-refractivity contribution in [2.45, 2.75) is 71.3 Å². The number of aryl methyl sites for hydroxylation is 2. The summed E-state index contributed by atoms with van der Waals surface area (Å²) >= 11 is 6.35. The maximum absolute atomic E-state index is 13.4. The van der Waals surface area contributed by atoms with Crippen molar-refractivity contribution in [3.8, 4) is 5.75 Å². The quantitative estimate of drug-likeness (QED) is 0.593. The molecule has 36 heavy (non-hydrogen) atoms. The maximum atomic E-state index is 13.4. The molecule has 8 heteroatoms. The van der Waals surface area contributed by atoms with Gasteiger partial charge in [-0.15, -0.1) is 0 Å². The Morgan fingerprint density at radius 1 is 0.972 bits per heavy atom. The molecule has 0 aromatic heterocycles. The Balaban J connectivity index is 1.48. The van der Waals surface area contributed by atoms with Gasteiger partial charge in [0.15, 0.2) is 0 Å². The van der Waals surface area contributed by atoms with E-state index in [0.717, 1.165) is 67.2 Å². The smallest absolute Gasteiger partial charge is 0.236 e. The zero-order valence-electron chi connectivity index (χ0n) is 21.9. The lowest BCUT2D eigenvalue weighted by atomic mass is 9.77. The van der Waals surface area contributed by atoms with Gasteiger partial charge in [0.05, 0.1) is 19.3 Å². The number of carbonyl (C=O) groups is 2. The summed E-state index contributed by atoms with van der Waals surface area (Å²) in [6, 6.07) is 3.89. The summed E-state index contributed by atoms with van der Waals surface area (Å²) in [5.41, 5.74) is 1.49. The highest BCUT2D eigenvalue weighted by molar-refractivity contribution is 6.32. The van der Waals surface area contributed by atoms with Crippen molar-refractivity contribution < 1.29 is 19.4 Å². The van der Waals surface area contributed by atoms with Crippen molar-refractivity contribution in [1.82, 2.24) is 14.7 Å². The molecule has 0 saturated carbocycles. The average molecular weight is 520 g/mol. The molecule has 1 atom stereocenters. The van der Waals surface area contributed by atoms with Gasteiger partial charge in [0.1, 0.15) is 5.75 Å². The van der Waals surface area contributed by atoms with E-state index in [4.69, 9.17) is 16.3 Å². The zero-order valence-corrected chi connectivity index (χ0v) is 22.7. The molecule has 3 fully saturated rings. The molecular weight excluding hydrogens is 478 g/mol. The molecule has 1 N–H and O–H groups in total. The predicted molar refractivity (Wildman–Crippen MR) is 141 cm³/mol. The molecule has 0 spiro atoms. The summed E-state index contributed by atoms with van der Waals surface area (Å²) < 4.78 is 6.33. The first-order chi connectivity index (χ1) is 17.2. The summed E-state index contributed by atoms with van der Waals surface area (Å²) in [7, 11) is 0. The van der Waals surface area contributed by atoms with Gasteiger partial charge in [-0.25, -0.2) is 0 Å². The largest absolute Gasteiger partial charge is 0.493 e. The Labute approximate surface area is 220 Å². The second kappa shape index (κ2) is 12.1. The Morgan fingerprint density at radius 3 is 2.31 bits per heavy atom. The number of hydrogen-bond donors (Lipinski definition) is 1. The van der Waals surface area contributed by atoms with Crippen LogP contribution in [0.15, 0.2) is 12.1 Å². The number of ether oxygens (including phenoxy) is 1.